The molecule has 1 amide bonds. The molecule has 0 aliphatic heterocycles. The van der Waals surface area contributed by atoms with Crippen LogP contribution in [0, 0.1) is 0 Å². The summed E-state index contributed by atoms with van der Waals surface area (Å²) in [7, 11) is 0. The van der Waals surface area contributed by atoms with E-state index in [1.807, 2.05) is 16.8 Å². The van der Waals surface area contributed by atoms with Crippen molar-refractivity contribution < 1.29 is 4.79 Å². The lowest BCUT2D eigenvalue weighted by Crippen LogP contribution is -2.15. The minimum atomic E-state index is -0.107. The van der Waals surface area contributed by atoms with Crippen molar-refractivity contribution in [1.82, 2.24) is 10.2 Å². The van der Waals surface area contributed by atoms with Gasteiger partial charge in [-0.25, -0.2) is 0 Å². The van der Waals surface area contributed by atoms with Crippen LogP contribution in [0.1, 0.15) is 5.56 Å². The molecule has 0 aliphatic rings. The Balaban J connectivity index is 1.96. The predicted molar refractivity (Wildman–Crippen MR) is 59.7 cm³/mol. The van der Waals surface area contributed by atoms with Gasteiger partial charge in [0.05, 0.1) is 18.3 Å². The summed E-state index contributed by atoms with van der Waals surface area (Å²) in [4.78, 5) is 11.5. The van der Waals surface area contributed by atoms with Gasteiger partial charge in [0.1, 0.15) is 0 Å². The molecule has 0 radical (unpaired) electrons. The molecule has 0 unspecified atom stereocenters. The van der Waals surface area contributed by atoms with Gasteiger partial charge in [-0.1, -0.05) is 0 Å². The molecule has 2 heterocycles. The number of carbonyl (C=O) groups excluding carboxylic acids is 1. The third kappa shape index (κ3) is 2.35. The van der Waals surface area contributed by atoms with Gasteiger partial charge in [0.2, 0.25) is 5.91 Å². The summed E-state index contributed by atoms with van der Waals surface area (Å²) in [6, 6.07) is 1.92. The van der Waals surface area contributed by atoms with Gasteiger partial charge < -0.3 is 11.1 Å². The lowest BCUT2D eigenvalue weighted by molar-refractivity contribution is -0.115. The van der Waals surface area contributed by atoms with E-state index >= 15 is 0 Å². The maximum Gasteiger partial charge on any atom is 0.230 e. The van der Waals surface area contributed by atoms with Gasteiger partial charge in [0.25, 0.3) is 0 Å². The second-order valence-corrected chi connectivity index (χ2v) is 3.84. The molecule has 0 atom stereocenters. The van der Waals surface area contributed by atoms with Gasteiger partial charge >= 0.3 is 0 Å². The van der Waals surface area contributed by atoms with E-state index in [9.17, 15) is 4.79 Å². The fourth-order valence-corrected chi connectivity index (χ4v) is 1.83. The molecule has 0 bridgehead atoms. The Hall–Kier alpha value is -1.82. The van der Waals surface area contributed by atoms with Crippen LogP contribution in [0.5, 0.6) is 0 Å². The number of nitrogens with one attached hydrogen (secondary N) is 2. The van der Waals surface area contributed by atoms with Crippen LogP contribution in [0.4, 0.5) is 11.5 Å². The molecule has 6 heteroatoms. The highest BCUT2D eigenvalue weighted by molar-refractivity contribution is 7.08. The molecule has 0 spiro atoms. The highest BCUT2D eigenvalue weighted by atomic mass is 32.1. The summed E-state index contributed by atoms with van der Waals surface area (Å²) in [5.41, 5.74) is 6.99. The van der Waals surface area contributed by atoms with Crippen LogP contribution in [0.25, 0.3) is 0 Å². The number of amides is 1. The minimum Gasteiger partial charge on any atom is -0.394 e. The quantitative estimate of drug-likeness (QED) is 0.730. The van der Waals surface area contributed by atoms with Gasteiger partial charge in [-0.2, -0.15) is 16.4 Å². The largest absolute Gasteiger partial charge is 0.394 e. The number of nitrogen functional groups attached to an aromatic ring is 1. The number of carbonyl (C=O) groups is 1. The number of nitrogens with two attached hydrogens (primary N) is 1. The maximum atomic E-state index is 11.5. The average Bonchev–Trinajstić information content (AvgIpc) is 2.79. The standard InChI is InChI=1S/C9H10N4OS/c10-7-4-11-13-9(7)12-8(14)3-6-1-2-15-5-6/h1-2,4-5H,3,10H2,(H2,11,12,13,14). The van der Waals surface area contributed by atoms with Crippen LogP contribution in [-0.4, -0.2) is 16.1 Å². The van der Waals surface area contributed by atoms with Crippen molar-refractivity contribution in [1.29, 1.82) is 0 Å². The Labute approximate surface area is 90.3 Å². The molecule has 2 aromatic heterocycles. The monoisotopic (exact) mass is 222 g/mol. The average molecular weight is 222 g/mol. The third-order valence-electron chi connectivity index (χ3n) is 1.88. The first-order valence-corrected chi connectivity index (χ1v) is 5.30. The maximum absolute atomic E-state index is 11.5. The molecular weight excluding hydrogens is 212 g/mol. The molecule has 0 saturated heterocycles. The summed E-state index contributed by atoms with van der Waals surface area (Å²) >= 11 is 1.57. The second kappa shape index (κ2) is 4.14. The minimum absolute atomic E-state index is 0.107. The highest BCUT2D eigenvalue weighted by Crippen LogP contribution is 2.13. The van der Waals surface area contributed by atoms with E-state index in [1.165, 1.54) is 6.20 Å². The Morgan fingerprint density at radius 1 is 1.67 bits per heavy atom. The lowest BCUT2D eigenvalue weighted by atomic mass is 10.2. The molecule has 0 aromatic carbocycles. The summed E-state index contributed by atoms with van der Waals surface area (Å²) in [6.45, 7) is 0. The Morgan fingerprint density at radius 3 is 3.13 bits per heavy atom. The van der Waals surface area contributed by atoms with Crippen molar-refractivity contribution in [2.75, 3.05) is 11.1 Å². The number of thiophene rings is 1. The summed E-state index contributed by atoms with van der Waals surface area (Å²) in [5, 5.41) is 12.8. The first kappa shape index (κ1) is 9.72. The molecule has 0 aliphatic carbocycles. The molecule has 0 fully saturated rings. The lowest BCUT2D eigenvalue weighted by Gasteiger charge is -2.01. The SMILES string of the molecule is Nc1cn[nH]c1NC(=O)Cc1ccsc1. The van der Waals surface area contributed by atoms with Crippen LogP contribution < -0.4 is 11.1 Å². The van der Waals surface area contributed by atoms with Crippen LogP contribution in [0.3, 0.4) is 0 Å². The molecule has 2 rings (SSSR count). The Morgan fingerprint density at radius 2 is 2.53 bits per heavy atom. The van der Waals surface area contributed by atoms with Crippen LogP contribution in [0.2, 0.25) is 0 Å². The van der Waals surface area contributed by atoms with Gasteiger partial charge in [0, 0.05) is 0 Å². The summed E-state index contributed by atoms with van der Waals surface area (Å²) in [6.07, 6.45) is 1.81. The molecular formula is C9H10N4OS. The van der Waals surface area contributed by atoms with Crippen molar-refractivity contribution in [2.45, 2.75) is 6.42 Å². The van der Waals surface area contributed by atoms with E-state index in [4.69, 9.17) is 5.73 Å². The fourth-order valence-electron chi connectivity index (χ4n) is 1.16. The van der Waals surface area contributed by atoms with Crippen molar-refractivity contribution in [3.63, 3.8) is 0 Å². The van der Waals surface area contributed by atoms with Gasteiger partial charge in [-0.15, -0.1) is 0 Å². The zero-order chi connectivity index (χ0) is 10.7. The van der Waals surface area contributed by atoms with Crippen molar-refractivity contribution >= 4 is 28.7 Å². The first-order chi connectivity index (χ1) is 7.25. The van der Waals surface area contributed by atoms with E-state index in [0.29, 0.717) is 17.9 Å². The molecule has 2 aromatic rings. The summed E-state index contributed by atoms with van der Waals surface area (Å²) in [5.74, 6) is 0.347. The Bertz CT molecular complexity index is 448. The van der Waals surface area contributed by atoms with Crippen molar-refractivity contribution in [2.24, 2.45) is 0 Å². The number of anilines is 2. The number of aromatic amines is 1. The number of H-pyrrole nitrogens is 1. The van der Waals surface area contributed by atoms with Gasteiger partial charge in [-0.05, 0) is 22.4 Å². The second-order valence-electron chi connectivity index (χ2n) is 3.06. The molecule has 78 valence electrons. The third-order valence-corrected chi connectivity index (χ3v) is 2.61. The van der Waals surface area contributed by atoms with Crippen LogP contribution >= 0.6 is 11.3 Å². The van der Waals surface area contributed by atoms with Crippen LogP contribution in [-0.2, 0) is 11.2 Å². The Kier molecular flexibility index (Phi) is 2.68. The highest BCUT2D eigenvalue weighted by Gasteiger charge is 2.07. The number of nitrogens with zero attached hydrogens (tertiary/aromatic N) is 1. The van der Waals surface area contributed by atoms with Gasteiger partial charge in [0.15, 0.2) is 5.82 Å². The first-order valence-electron chi connectivity index (χ1n) is 4.35. The van der Waals surface area contributed by atoms with Gasteiger partial charge in [-0.3, -0.25) is 9.89 Å². The van der Waals surface area contributed by atoms with Crippen LogP contribution in [0.15, 0.2) is 23.0 Å². The van der Waals surface area contributed by atoms with E-state index in [0.717, 1.165) is 5.56 Å². The van der Waals surface area contributed by atoms with E-state index < -0.39 is 0 Å². The smallest absolute Gasteiger partial charge is 0.230 e. The topological polar surface area (TPSA) is 83.8 Å². The fraction of sp³-hybridized carbons (Fsp3) is 0.111. The number of rotatable bonds is 3. The molecule has 5 nitrogen and oxygen atoms in total. The zero-order valence-electron chi connectivity index (χ0n) is 7.86. The predicted octanol–water partition coefficient (Wildman–Crippen LogP) is 1.23. The summed E-state index contributed by atoms with van der Waals surface area (Å²) < 4.78 is 0. The normalized spacial score (nSPS) is 10.1. The zero-order valence-corrected chi connectivity index (χ0v) is 8.67. The van der Waals surface area contributed by atoms with Crippen molar-refractivity contribution in [3.8, 4) is 0 Å². The van der Waals surface area contributed by atoms with Crippen molar-refractivity contribution in [3.05, 3.63) is 28.6 Å². The number of hydrogen-bond acceptors (Lipinski definition) is 4. The number of hydrogen-bond donors (Lipinski definition) is 3. The number of aromatic nitrogens is 2. The van der Waals surface area contributed by atoms with E-state index in [1.54, 1.807) is 11.3 Å². The van der Waals surface area contributed by atoms with E-state index in [-0.39, 0.29) is 5.91 Å². The molecule has 0 saturated carbocycles. The molecule has 4 N–H and O–H groups in total. The molecule has 15 heavy (non-hydrogen) atoms. The van der Waals surface area contributed by atoms with E-state index in [2.05, 4.69) is 15.5 Å².